The van der Waals surface area contributed by atoms with Crippen molar-refractivity contribution >= 4 is 16.1 Å². The normalized spacial score (nSPS) is 15.2. The van der Waals surface area contributed by atoms with Gasteiger partial charge in [0.1, 0.15) is 0 Å². The first-order valence-corrected chi connectivity index (χ1v) is 8.20. The number of hydrogen-bond acceptors (Lipinski definition) is 5. The third-order valence-electron chi connectivity index (χ3n) is 3.21. The van der Waals surface area contributed by atoms with E-state index >= 15 is 0 Å². The van der Waals surface area contributed by atoms with Crippen LogP contribution in [-0.2, 0) is 19.8 Å². The quantitative estimate of drug-likeness (QED) is 0.655. The molecule has 1 aromatic rings. The Morgan fingerprint density at radius 1 is 1.24 bits per heavy atom. The Bertz CT molecular complexity index is 547. The summed E-state index contributed by atoms with van der Waals surface area (Å²) in [7, 11) is -2.42. The third-order valence-corrected chi connectivity index (χ3v) is 4.08. The molecule has 1 aliphatic rings. The van der Waals surface area contributed by atoms with Crippen molar-refractivity contribution in [1.82, 2.24) is 5.48 Å². The van der Waals surface area contributed by atoms with Crippen LogP contribution in [0.25, 0.3) is 0 Å². The third kappa shape index (κ3) is 6.24. The molecule has 7 heteroatoms. The predicted octanol–water partition coefficient (Wildman–Crippen LogP) is 2.10. The highest BCUT2D eigenvalue weighted by atomic mass is 32.2. The standard InChI is InChI=1S/C7H13NO2.C7H8O3S/c1-8-10-7(9)6-4-2-3-5-6;1-6-2-4-7(5-3-6)11(8,9)10/h6,8H,2-5H2,1H3;2-5H,1H3,(H,8,9,10). The predicted molar refractivity (Wildman–Crippen MR) is 78.1 cm³/mol. The Balaban J connectivity index is 0.000000211. The van der Waals surface area contributed by atoms with E-state index < -0.39 is 10.1 Å². The molecule has 1 aliphatic carbocycles. The van der Waals surface area contributed by atoms with Gasteiger partial charge in [-0.05, 0) is 31.9 Å². The van der Waals surface area contributed by atoms with E-state index in [2.05, 4.69) is 10.3 Å². The Morgan fingerprint density at radius 3 is 2.19 bits per heavy atom. The van der Waals surface area contributed by atoms with Crippen molar-refractivity contribution in [2.45, 2.75) is 37.5 Å². The van der Waals surface area contributed by atoms with Crippen LogP contribution in [0.15, 0.2) is 29.2 Å². The largest absolute Gasteiger partial charge is 0.371 e. The van der Waals surface area contributed by atoms with Gasteiger partial charge in [-0.15, -0.1) is 0 Å². The van der Waals surface area contributed by atoms with Gasteiger partial charge in [-0.3, -0.25) is 9.35 Å². The molecular formula is C14H21NO5S. The highest BCUT2D eigenvalue weighted by molar-refractivity contribution is 7.85. The molecular weight excluding hydrogens is 294 g/mol. The summed E-state index contributed by atoms with van der Waals surface area (Å²) in [6, 6.07) is 5.99. The van der Waals surface area contributed by atoms with Crippen molar-refractivity contribution in [3.05, 3.63) is 29.8 Å². The number of carbonyl (C=O) groups is 1. The molecule has 1 fully saturated rings. The molecule has 2 rings (SSSR count). The molecule has 0 bridgehead atoms. The minimum atomic E-state index is -4.02. The Labute approximate surface area is 125 Å². The zero-order chi connectivity index (χ0) is 15.9. The van der Waals surface area contributed by atoms with Crippen molar-refractivity contribution in [2.24, 2.45) is 5.92 Å². The zero-order valence-electron chi connectivity index (χ0n) is 12.2. The van der Waals surface area contributed by atoms with Gasteiger partial charge >= 0.3 is 5.97 Å². The number of hydroxylamine groups is 1. The van der Waals surface area contributed by atoms with Gasteiger partial charge in [-0.1, -0.05) is 30.5 Å². The van der Waals surface area contributed by atoms with E-state index in [0.717, 1.165) is 18.4 Å². The first-order chi connectivity index (χ1) is 9.84. The number of benzene rings is 1. The monoisotopic (exact) mass is 315 g/mol. The van der Waals surface area contributed by atoms with Gasteiger partial charge in [0.2, 0.25) is 0 Å². The molecule has 2 N–H and O–H groups in total. The molecule has 0 aliphatic heterocycles. The summed E-state index contributed by atoms with van der Waals surface area (Å²) in [5, 5.41) is 0. The van der Waals surface area contributed by atoms with Crippen molar-refractivity contribution in [3.8, 4) is 0 Å². The molecule has 1 aromatic carbocycles. The topological polar surface area (TPSA) is 92.7 Å². The SMILES string of the molecule is CNOC(=O)C1CCCC1.Cc1ccc(S(=O)(=O)O)cc1. The van der Waals surface area contributed by atoms with E-state index in [9.17, 15) is 13.2 Å². The second-order valence-corrected chi connectivity index (χ2v) is 6.32. The fourth-order valence-corrected chi connectivity index (χ4v) is 2.54. The van der Waals surface area contributed by atoms with Crippen LogP contribution in [0.3, 0.4) is 0 Å². The molecule has 0 atom stereocenters. The van der Waals surface area contributed by atoms with E-state index in [0.29, 0.717) is 0 Å². The lowest BCUT2D eigenvalue weighted by atomic mass is 10.1. The van der Waals surface area contributed by atoms with Crippen molar-refractivity contribution in [2.75, 3.05) is 7.05 Å². The highest BCUT2D eigenvalue weighted by Gasteiger charge is 2.23. The molecule has 0 saturated heterocycles. The molecule has 6 nitrogen and oxygen atoms in total. The number of carbonyl (C=O) groups excluding carboxylic acids is 1. The van der Waals surface area contributed by atoms with Crippen molar-refractivity contribution < 1.29 is 22.6 Å². The van der Waals surface area contributed by atoms with Crippen LogP contribution in [0, 0.1) is 12.8 Å². The second kappa shape index (κ2) is 8.11. The molecule has 0 heterocycles. The Morgan fingerprint density at radius 2 is 1.76 bits per heavy atom. The van der Waals surface area contributed by atoms with Gasteiger partial charge in [0, 0.05) is 7.05 Å². The smallest absolute Gasteiger partial charge is 0.327 e. The van der Waals surface area contributed by atoms with Crippen LogP contribution in [-0.4, -0.2) is 26.0 Å². The maximum absolute atomic E-state index is 11.0. The van der Waals surface area contributed by atoms with E-state index in [1.807, 2.05) is 6.92 Å². The maximum Gasteiger partial charge on any atom is 0.327 e. The lowest BCUT2D eigenvalue weighted by molar-refractivity contribution is -0.154. The summed E-state index contributed by atoms with van der Waals surface area (Å²) in [6.07, 6.45) is 4.34. The minimum absolute atomic E-state index is 0.0666. The van der Waals surface area contributed by atoms with Gasteiger partial charge < -0.3 is 4.84 Å². The highest BCUT2D eigenvalue weighted by Crippen LogP contribution is 2.25. The average molecular weight is 315 g/mol. The number of nitrogens with one attached hydrogen (secondary N) is 1. The maximum atomic E-state index is 11.0. The minimum Gasteiger partial charge on any atom is -0.371 e. The first-order valence-electron chi connectivity index (χ1n) is 6.76. The Hall–Kier alpha value is -1.44. The van der Waals surface area contributed by atoms with Crippen molar-refractivity contribution in [1.29, 1.82) is 0 Å². The number of aryl methyl sites for hydroxylation is 1. The molecule has 1 saturated carbocycles. The lowest BCUT2D eigenvalue weighted by Gasteiger charge is -2.05. The molecule has 0 amide bonds. The van der Waals surface area contributed by atoms with E-state index in [1.54, 1.807) is 19.2 Å². The summed E-state index contributed by atoms with van der Waals surface area (Å²) in [4.78, 5) is 15.5. The zero-order valence-corrected chi connectivity index (χ0v) is 13.0. The molecule has 0 unspecified atom stereocenters. The van der Waals surface area contributed by atoms with Crippen LogP contribution < -0.4 is 5.48 Å². The number of rotatable bonds is 3. The van der Waals surface area contributed by atoms with Crippen LogP contribution in [0.4, 0.5) is 0 Å². The van der Waals surface area contributed by atoms with Gasteiger partial charge in [0.15, 0.2) is 0 Å². The fourth-order valence-electron chi connectivity index (χ4n) is 2.06. The van der Waals surface area contributed by atoms with Gasteiger partial charge in [-0.25, -0.2) is 0 Å². The molecule has 21 heavy (non-hydrogen) atoms. The lowest BCUT2D eigenvalue weighted by Crippen LogP contribution is -2.21. The molecule has 0 spiro atoms. The number of hydrogen-bond donors (Lipinski definition) is 2. The van der Waals surface area contributed by atoms with Crippen molar-refractivity contribution in [3.63, 3.8) is 0 Å². The van der Waals surface area contributed by atoms with Crippen LogP contribution in [0.5, 0.6) is 0 Å². The summed E-state index contributed by atoms with van der Waals surface area (Å²) in [5.41, 5.74) is 3.35. The van der Waals surface area contributed by atoms with Gasteiger partial charge in [0.25, 0.3) is 10.1 Å². The molecule has 0 radical (unpaired) electrons. The summed E-state index contributed by atoms with van der Waals surface area (Å²) < 4.78 is 29.6. The Kier molecular flexibility index (Phi) is 6.80. The summed E-state index contributed by atoms with van der Waals surface area (Å²) >= 11 is 0. The van der Waals surface area contributed by atoms with E-state index in [4.69, 9.17) is 4.55 Å². The van der Waals surface area contributed by atoms with Crippen LogP contribution >= 0.6 is 0 Å². The fraction of sp³-hybridized carbons (Fsp3) is 0.500. The molecule has 118 valence electrons. The molecule has 0 aromatic heterocycles. The van der Waals surface area contributed by atoms with Gasteiger partial charge in [-0.2, -0.15) is 13.9 Å². The first kappa shape index (κ1) is 17.6. The second-order valence-electron chi connectivity index (χ2n) is 4.89. The summed E-state index contributed by atoms with van der Waals surface area (Å²) in [6.45, 7) is 1.84. The van der Waals surface area contributed by atoms with Crippen LogP contribution in [0.1, 0.15) is 31.2 Å². The van der Waals surface area contributed by atoms with Crippen LogP contribution in [0.2, 0.25) is 0 Å². The van der Waals surface area contributed by atoms with Gasteiger partial charge in [0.05, 0.1) is 10.8 Å². The van der Waals surface area contributed by atoms with E-state index in [1.165, 1.54) is 25.0 Å². The van der Waals surface area contributed by atoms with E-state index in [-0.39, 0.29) is 16.8 Å². The summed E-state index contributed by atoms with van der Waals surface area (Å²) in [5.74, 6) is 0.0625. The average Bonchev–Trinajstić information content (AvgIpc) is 2.93.